The molecular weight excluding hydrogens is 236 g/mol. The molecule has 0 atom stereocenters. The highest BCUT2D eigenvalue weighted by molar-refractivity contribution is 4.70. The molecule has 0 spiro atoms. The Morgan fingerprint density at radius 2 is 1.32 bits per heavy atom. The highest BCUT2D eigenvalue weighted by Crippen LogP contribution is 2.27. The average Bonchev–Trinajstić information content (AvgIpc) is 2.41. The summed E-state index contributed by atoms with van der Waals surface area (Å²) in [5, 5.41) is 0. The van der Waals surface area contributed by atoms with Crippen molar-refractivity contribution in [2.75, 3.05) is 14.2 Å². The molecule has 0 heterocycles. The fourth-order valence-corrected chi connectivity index (χ4v) is 2.48. The second kappa shape index (κ2) is 11.7. The lowest BCUT2D eigenvalue weighted by Crippen LogP contribution is -2.34. The molecule has 0 aliphatic heterocycles. The Bertz CT molecular complexity index is 186. The first-order valence-electron chi connectivity index (χ1n) is 8.20. The lowest BCUT2D eigenvalue weighted by molar-refractivity contribution is -0.217. The van der Waals surface area contributed by atoms with Crippen molar-refractivity contribution in [3.8, 4) is 0 Å². The number of hydrogen-bond acceptors (Lipinski definition) is 2. The van der Waals surface area contributed by atoms with E-state index in [4.69, 9.17) is 9.47 Å². The maximum absolute atomic E-state index is 5.66. The van der Waals surface area contributed by atoms with E-state index < -0.39 is 0 Å². The van der Waals surface area contributed by atoms with Crippen LogP contribution >= 0.6 is 0 Å². The number of rotatable bonds is 13. The van der Waals surface area contributed by atoms with Gasteiger partial charge in [-0.25, -0.2) is 0 Å². The Hall–Kier alpha value is -0.0800. The predicted molar refractivity (Wildman–Crippen MR) is 83.4 cm³/mol. The van der Waals surface area contributed by atoms with Crippen molar-refractivity contribution in [1.82, 2.24) is 0 Å². The van der Waals surface area contributed by atoms with Crippen LogP contribution in [0.2, 0.25) is 0 Å². The van der Waals surface area contributed by atoms with E-state index in [0.717, 1.165) is 19.3 Å². The van der Waals surface area contributed by atoms with E-state index >= 15 is 0 Å². The van der Waals surface area contributed by atoms with Gasteiger partial charge in [-0.2, -0.15) is 0 Å². The lowest BCUT2D eigenvalue weighted by Gasteiger charge is -2.31. The third-order valence-corrected chi connectivity index (χ3v) is 4.01. The summed E-state index contributed by atoms with van der Waals surface area (Å²) < 4.78 is 11.3. The van der Waals surface area contributed by atoms with Crippen LogP contribution in [0.4, 0.5) is 0 Å². The Kier molecular flexibility index (Phi) is 11.7. The van der Waals surface area contributed by atoms with Gasteiger partial charge in [0.05, 0.1) is 0 Å². The third-order valence-electron chi connectivity index (χ3n) is 4.01. The summed E-state index contributed by atoms with van der Waals surface area (Å²) in [5.41, 5.74) is 0. The summed E-state index contributed by atoms with van der Waals surface area (Å²) in [4.78, 5) is 0. The van der Waals surface area contributed by atoms with Gasteiger partial charge in [-0.15, -0.1) is 0 Å². The predicted octanol–water partition coefficient (Wildman–Crippen LogP) is 5.55. The van der Waals surface area contributed by atoms with Gasteiger partial charge < -0.3 is 9.47 Å². The van der Waals surface area contributed by atoms with Gasteiger partial charge in [-0.05, 0) is 18.8 Å². The molecule has 0 rings (SSSR count). The van der Waals surface area contributed by atoms with Gasteiger partial charge in [0.2, 0.25) is 0 Å². The minimum absolute atomic E-state index is 0.340. The SMILES string of the molecule is CCCCCCCCCC(CCC(C)C)(OC)OC. The zero-order chi connectivity index (χ0) is 14.6. The highest BCUT2D eigenvalue weighted by atomic mass is 16.7. The van der Waals surface area contributed by atoms with Gasteiger partial charge in [-0.3, -0.25) is 0 Å². The topological polar surface area (TPSA) is 18.5 Å². The Morgan fingerprint density at radius 1 is 0.789 bits per heavy atom. The zero-order valence-electron chi connectivity index (χ0n) is 14.0. The summed E-state index contributed by atoms with van der Waals surface area (Å²) in [6, 6.07) is 0. The minimum Gasteiger partial charge on any atom is -0.353 e. The van der Waals surface area contributed by atoms with Gasteiger partial charge in [0.15, 0.2) is 5.79 Å². The normalized spacial score (nSPS) is 12.3. The van der Waals surface area contributed by atoms with E-state index in [0.29, 0.717) is 5.92 Å². The first-order chi connectivity index (χ1) is 9.10. The molecule has 116 valence electrons. The van der Waals surface area contributed by atoms with E-state index in [1.807, 2.05) is 0 Å². The standard InChI is InChI=1S/C17H36O2/c1-6-7-8-9-10-11-12-14-17(18-4,19-5)15-13-16(2)3/h16H,6-15H2,1-5H3. The molecule has 0 aromatic heterocycles. The molecule has 0 saturated carbocycles. The molecule has 0 N–H and O–H groups in total. The molecular formula is C17H36O2. The summed E-state index contributed by atoms with van der Waals surface area (Å²) >= 11 is 0. The second-order valence-electron chi connectivity index (χ2n) is 6.12. The van der Waals surface area contributed by atoms with Crippen LogP contribution in [0.25, 0.3) is 0 Å². The highest BCUT2D eigenvalue weighted by Gasteiger charge is 2.28. The van der Waals surface area contributed by atoms with Crippen molar-refractivity contribution in [2.24, 2.45) is 5.92 Å². The quantitative estimate of drug-likeness (QED) is 0.323. The van der Waals surface area contributed by atoms with E-state index in [1.165, 1.54) is 44.9 Å². The maximum atomic E-state index is 5.66. The number of ether oxygens (including phenoxy) is 2. The van der Waals surface area contributed by atoms with Crippen LogP contribution in [0, 0.1) is 5.92 Å². The van der Waals surface area contributed by atoms with Crippen LogP contribution in [0.5, 0.6) is 0 Å². The number of hydrogen-bond donors (Lipinski definition) is 0. The number of methoxy groups -OCH3 is 2. The fraction of sp³-hybridized carbons (Fsp3) is 1.00. The maximum Gasteiger partial charge on any atom is 0.167 e. The summed E-state index contributed by atoms with van der Waals surface area (Å²) in [6.07, 6.45) is 12.6. The van der Waals surface area contributed by atoms with Crippen molar-refractivity contribution < 1.29 is 9.47 Å². The van der Waals surface area contributed by atoms with Crippen LogP contribution in [0.15, 0.2) is 0 Å². The van der Waals surface area contributed by atoms with E-state index in [-0.39, 0.29) is 5.79 Å². The van der Waals surface area contributed by atoms with Gasteiger partial charge in [-0.1, -0.05) is 59.3 Å². The van der Waals surface area contributed by atoms with Crippen molar-refractivity contribution in [2.45, 2.75) is 90.8 Å². The van der Waals surface area contributed by atoms with Crippen LogP contribution in [-0.2, 0) is 9.47 Å². The van der Waals surface area contributed by atoms with Crippen molar-refractivity contribution >= 4 is 0 Å². The molecule has 19 heavy (non-hydrogen) atoms. The van der Waals surface area contributed by atoms with Crippen LogP contribution in [0.1, 0.15) is 85.0 Å². The molecule has 0 aliphatic rings. The minimum atomic E-state index is -0.340. The number of unbranched alkanes of at least 4 members (excludes halogenated alkanes) is 6. The molecule has 0 aliphatic carbocycles. The molecule has 0 radical (unpaired) electrons. The molecule has 0 aromatic carbocycles. The van der Waals surface area contributed by atoms with Crippen molar-refractivity contribution in [3.63, 3.8) is 0 Å². The molecule has 0 saturated heterocycles. The van der Waals surface area contributed by atoms with Crippen LogP contribution in [-0.4, -0.2) is 20.0 Å². The summed E-state index contributed by atoms with van der Waals surface area (Å²) in [7, 11) is 3.57. The lowest BCUT2D eigenvalue weighted by atomic mass is 9.97. The first kappa shape index (κ1) is 18.9. The molecule has 0 unspecified atom stereocenters. The molecule has 2 nitrogen and oxygen atoms in total. The van der Waals surface area contributed by atoms with Gasteiger partial charge in [0.25, 0.3) is 0 Å². The van der Waals surface area contributed by atoms with Gasteiger partial charge >= 0.3 is 0 Å². The van der Waals surface area contributed by atoms with Gasteiger partial charge in [0, 0.05) is 27.1 Å². The molecule has 0 fully saturated rings. The zero-order valence-corrected chi connectivity index (χ0v) is 14.0. The average molecular weight is 272 g/mol. The van der Waals surface area contributed by atoms with Gasteiger partial charge in [0.1, 0.15) is 0 Å². The van der Waals surface area contributed by atoms with E-state index in [1.54, 1.807) is 14.2 Å². The third kappa shape index (κ3) is 9.45. The van der Waals surface area contributed by atoms with E-state index in [9.17, 15) is 0 Å². The molecule has 0 bridgehead atoms. The van der Waals surface area contributed by atoms with E-state index in [2.05, 4.69) is 20.8 Å². The van der Waals surface area contributed by atoms with Crippen LogP contribution in [0.3, 0.4) is 0 Å². The Morgan fingerprint density at radius 3 is 1.79 bits per heavy atom. The second-order valence-corrected chi connectivity index (χ2v) is 6.12. The monoisotopic (exact) mass is 272 g/mol. The largest absolute Gasteiger partial charge is 0.353 e. The smallest absolute Gasteiger partial charge is 0.167 e. The van der Waals surface area contributed by atoms with Crippen molar-refractivity contribution in [3.05, 3.63) is 0 Å². The molecule has 2 heteroatoms. The Labute approximate surface area is 121 Å². The summed E-state index contributed by atoms with van der Waals surface area (Å²) in [6.45, 7) is 6.77. The van der Waals surface area contributed by atoms with Crippen LogP contribution < -0.4 is 0 Å². The summed E-state index contributed by atoms with van der Waals surface area (Å²) in [5.74, 6) is 0.368. The molecule has 0 aromatic rings. The Balaban J connectivity index is 3.80. The van der Waals surface area contributed by atoms with Crippen molar-refractivity contribution in [1.29, 1.82) is 0 Å². The fourth-order valence-electron chi connectivity index (χ4n) is 2.48. The first-order valence-corrected chi connectivity index (χ1v) is 8.20. The molecule has 0 amide bonds.